The van der Waals surface area contributed by atoms with Gasteiger partial charge in [-0.3, -0.25) is 0 Å². The summed E-state index contributed by atoms with van der Waals surface area (Å²) in [6.45, 7) is 11.5. The van der Waals surface area contributed by atoms with E-state index in [-0.39, 0.29) is 0 Å². The van der Waals surface area contributed by atoms with Crippen LogP contribution in [0.3, 0.4) is 0 Å². The van der Waals surface area contributed by atoms with Gasteiger partial charge in [0.25, 0.3) is 5.97 Å². The number of ether oxygens (including phenoxy) is 3. The molecule has 0 aliphatic heterocycles. The molecule has 0 bridgehead atoms. The van der Waals surface area contributed by atoms with E-state index in [2.05, 4.69) is 27.7 Å². The van der Waals surface area contributed by atoms with E-state index in [0.29, 0.717) is 0 Å². The molecule has 0 aliphatic carbocycles. The SMILES string of the molecule is CCCCCCCCCCOC(CCCCCCCCC)(OCCCCCCCCCC)OCCCCCCCCCC. The van der Waals surface area contributed by atoms with E-state index < -0.39 is 5.97 Å². The molecule has 0 rings (SSSR count). The lowest BCUT2D eigenvalue weighted by molar-refractivity contribution is -0.384. The van der Waals surface area contributed by atoms with Crippen molar-refractivity contribution < 1.29 is 14.2 Å². The van der Waals surface area contributed by atoms with Gasteiger partial charge in [0.2, 0.25) is 0 Å². The lowest BCUT2D eigenvalue weighted by Gasteiger charge is -2.34. The van der Waals surface area contributed by atoms with Gasteiger partial charge in [-0.25, -0.2) is 0 Å². The molecule has 0 heterocycles. The van der Waals surface area contributed by atoms with Gasteiger partial charge in [-0.1, -0.05) is 201 Å². The lowest BCUT2D eigenvalue weighted by Crippen LogP contribution is -2.40. The van der Waals surface area contributed by atoms with E-state index in [0.717, 1.165) is 51.9 Å². The maximum atomic E-state index is 6.62. The largest absolute Gasteiger partial charge is 0.327 e. The van der Waals surface area contributed by atoms with E-state index in [1.165, 1.54) is 173 Å². The first kappa shape index (κ1) is 42.9. The van der Waals surface area contributed by atoms with Crippen LogP contribution in [0, 0.1) is 0 Å². The van der Waals surface area contributed by atoms with Crippen LogP contribution in [0.4, 0.5) is 0 Å². The minimum absolute atomic E-state index is 0.764. The van der Waals surface area contributed by atoms with Gasteiger partial charge in [0, 0.05) is 6.42 Å². The topological polar surface area (TPSA) is 27.7 Å². The summed E-state index contributed by atoms with van der Waals surface area (Å²) in [5.41, 5.74) is 0. The van der Waals surface area contributed by atoms with Gasteiger partial charge >= 0.3 is 0 Å². The zero-order valence-electron chi connectivity index (χ0n) is 30.5. The second-order valence-electron chi connectivity index (χ2n) is 13.5. The van der Waals surface area contributed by atoms with Crippen molar-refractivity contribution in [3.05, 3.63) is 0 Å². The first-order valence-corrected chi connectivity index (χ1v) is 20.2. The molecule has 0 radical (unpaired) electrons. The molecule has 0 unspecified atom stereocenters. The summed E-state index contributed by atoms with van der Waals surface area (Å²) in [6, 6.07) is 0. The average molecular weight is 611 g/mol. The zero-order valence-corrected chi connectivity index (χ0v) is 30.5. The predicted octanol–water partition coefficient (Wildman–Crippen LogP) is 14.3. The Labute approximate surface area is 272 Å². The third kappa shape index (κ3) is 31.6. The highest BCUT2D eigenvalue weighted by Crippen LogP contribution is 2.27. The molecule has 3 heteroatoms. The summed E-state index contributed by atoms with van der Waals surface area (Å²) >= 11 is 0. The van der Waals surface area contributed by atoms with Gasteiger partial charge in [0.15, 0.2) is 0 Å². The zero-order chi connectivity index (χ0) is 31.4. The monoisotopic (exact) mass is 611 g/mol. The van der Waals surface area contributed by atoms with Crippen LogP contribution in [0.15, 0.2) is 0 Å². The Bertz CT molecular complexity index is 439. The second-order valence-corrected chi connectivity index (χ2v) is 13.5. The molecule has 0 spiro atoms. The molecule has 0 atom stereocenters. The smallest absolute Gasteiger partial charge is 0.282 e. The van der Waals surface area contributed by atoms with Crippen molar-refractivity contribution in [2.45, 2.75) is 239 Å². The van der Waals surface area contributed by atoms with Gasteiger partial charge in [-0.15, -0.1) is 0 Å². The highest BCUT2D eigenvalue weighted by molar-refractivity contribution is 4.62. The van der Waals surface area contributed by atoms with Crippen LogP contribution in [0.5, 0.6) is 0 Å². The minimum Gasteiger partial charge on any atom is -0.327 e. The van der Waals surface area contributed by atoms with Crippen molar-refractivity contribution in [1.29, 1.82) is 0 Å². The van der Waals surface area contributed by atoms with Gasteiger partial charge in [-0.05, 0) is 25.7 Å². The number of unbranched alkanes of at least 4 members (excludes halogenated alkanes) is 27. The van der Waals surface area contributed by atoms with Crippen molar-refractivity contribution in [3.63, 3.8) is 0 Å². The molecule has 0 N–H and O–H groups in total. The third-order valence-electron chi connectivity index (χ3n) is 9.05. The first-order valence-electron chi connectivity index (χ1n) is 20.2. The molecule has 43 heavy (non-hydrogen) atoms. The van der Waals surface area contributed by atoms with Gasteiger partial charge < -0.3 is 14.2 Å². The molecule has 0 saturated heterocycles. The highest BCUT2D eigenvalue weighted by atomic mass is 16.9. The Morgan fingerprint density at radius 2 is 0.465 bits per heavy atom. The Morgan fingerprint density at radius 3 is 0.721 bits per heavy atom. The molecule has 0 aromatic carbocycles. The molecule has 0 aliphatic rings. The number of hydrogen-bond donors (Lipinski definition) is 0. The molecule has 0 aromatic heterocycles. The van der Waals surface area contributed by atoms with Gasteiger partial charge in [-0.2, -0.15) is 0 Å². The van der Waals surface area contributed by atoms with E-state index in [9.17, 15) is 0 Å². The number of rotatable bonds is 38. The minimum atomic E-state index is -0.827. The van der Waals surface area contributed by atoms with Crippen LogP contribution in [0.2, 0.25) is 0 Å². The van der Waals surface area contributed by atoms with Crippen LogP contribution >= 0.6 is 0 Å². The molecule has 0 fully saturated rings. The predicted molar refractivity (Wildman–Crippen MR) is 191 cm³/mol. The van der Waals surface area contributed by atoms with Crippen molar-refractivity contribution in [1.82, 2.24) is 0 Å². The highest BCUT2D eigenvalue weighted by Gasteiger charge is 2.33. The van der Waals surface area contributed by atoms with Crippen LogP contribution in [-0.4, -0.2) is 25.8 Å². The molecular formula is C40H82O3. The fourth-order valence-corrected chi connectivity index (χ4v) is 6.03. The van der Waals surface area contributed by atoms with E-state index in [1.54, 1.807) is 0 Å². The third-order valence-corrected chi connectivity index (χ3v) is 9.05. The summed E-state index contributed by atoms with van der Waals surface area (Å²) in [5.74, 6) is -0.827. The quantitative estimate of drug-likeness (QED) is 0.0514. The van der Waals surface area contributed by atoms with E-state index in [4.69, 9.17) is 14.2 Å². The van der Waals surface area contributed by atoms with Crippen molar-refractivity contribution >= 4 is 0 Å². The normalized spacial score (nSPS) is 12.0. The molecule has 260 valence electrons. The Morgan fingerprint density at radius 1 is 0.256 bits per heavy atom. The van der Waals surface area contributed by atoms with Crippen LogP contribution in [-0.2, 0) is 14.2 Å². The molecular weight excluding hydrogens is 528 g/mol. The Balaban J connectivity index is 4.81. The summed E-state index contributed by atoms with van der Waals surface area (Å²) in [4.78, 5) is 0. The fraction of sp³-hybridized carbons (Fsp3) is 1.00. The van der Waals surface area contributed by atoms with Crippen LogP contribution in [0.1, 0.15) is 233 Å². The fourth-order valence-electron chi connectivity index (χ4n) is 6.03. The first-order chi connectivity index (χ1) is 21.2. The Kier molecular flexibility index (Phi) is 36.2. The second kappa shape index (κ2) is 36.3. The molecule has 0 aromatic rings. The molecule has 0 amide bonds. The molecule has 3 nitrogen and oxygen atoms in total. The number of hydrogen-bond acceptors (Lipinski definition) is 3. The van der Waals surface area contributed by atoms with E-state index >= 15 is 0 Å². The van der Waals surface area contributed by atoms with Crippen molar-refractivity contribution in [2.24, 2.45) is 0 Å². The average Bonchev–Trinajstić information content (AvgIpc) is 3.02. The van der Waals surface area contributed by atoms with Crippen LogP contribution in [0.25, 0.3) is 0 Å². The Hall–Kier alpha value is -0.120. The standard InChI is InChI=1S/C40H82O3/c1-5-9-13-17-21-25-29-33-37-41-40(36-32-28-24-20-16-12-8-4,42-38-34-30-26-22-18-14-10-6-2)43-39-35-31-27-23-19-15-11-7-3/h5-39H2,1-4H3. The lowest BCUT2D eigenvalue weighted by atomic mass is 10.1. The van der Waals surface area contributed by atoms with E-state index in [1.807, 2.05) is 0 Å². The summed E-state index contributed by atoms with van der Waals surface area (Å²) < 4.78 is 19.9. The molecule has 0 saturated carbocycles. The van der Waals surface area contributed by atoms with Gasteiger partial charge in [0.05, 0.1) is 19.8 Å². The van der Waals surface area contributed by atoms with Crippen molar-refractivity contribution in [2.75, 3.05) is 19.8 Å². The summed E-state index contributed by atoms with van der Waals surface area (Å²) in [6.07, 6.45) is 41.7. The van der Waals surface area contributed by atoms with Crippen LogP contribution < -0.4 is 0 Å². The summed E-state index contributed by atoms with van der Waals surface area (Å²) in [7, 11) is 0. The van der Waals surface area contributed by atoms with Gasteiger partial charge in [0.1, 0.15) is 0 Å². The van der Waals surface area contributed by atoms with Crippen molar-refractivity contribution in [3.8, 4) is 0 Å². The summed E-state index contributed by atoms with van der Waals surface area (Å²) in [5, 5.41) is 0. The maximum Gasteiger partial charge on any atom is 0.282 e. The maximum absolute atomic E-state index is 6.62.